The summed E-state index contributed by atoms with van der Waals surface area (Å²) in [6.45, 7) is 7.76. The first-order valence-corrected chi connectivity index (χ1v) is 9.20. The quantitative estimate of drug-likeness (QED) is 0.425. The van der Waals surface area contributed by atoms with E-state index in [1.807, 2.05) is 24.0 Å². The van der Waals surface area contributed by atoms with Crippen LogP contribution < -0.4 is 5.32 Å². The van der Waals surface area contributed by atoms with Gasteiger partial charge in [-0.2, -0.15) is 5.10 Å². The Morgan fingerprint density at radius 3 is 2.46 bits per heavy atom. The number of likely N-dealkylation sites (tertiary alicyclic amines) is 1. The van der Waals surface area contributed by atoms with E-state index in [0.717, 1.165) is 49.5 Å². The molecule has 1 aromatic carbocycles. The third-order valence-electron chi connectivity index (χ3n) is 4.78. The number of aromatic nitrogens is 2. The number of aliphatic imine (C=N–C) groups is 1. The van der Waals surface area contributed by atoms with Crippen molar-refractivity contribution in [1.29, 1.82) is 0 Å². The van der Waals surface area contributed by atoms with Gasteiger partial charge >= 0.3 is 0 Å². The molecule has 3 rings (SSSR count). The summed E-state index contributed by atoms with van der Waals surface area (Å²) in [6.07, 6.45) is 6.06. The number of benzene rings is 1. The molecule has 1 fully saturated rings. The second kappa shape index (κ2) is 9.94. The SMILES string of the molecule is CN=C(NCCc1ccc(-n2cccn2)cc1)N1CC(C)CC(C)C1.I. The number of rotatable bonds is 4. The van der Waals surface area contributed by atoms with Gasteiger partial charge in [0.25, 0.3) is 0 Å². The van der Waals surface area contributed by atoms with Gasteiger partial charge in [0, 0.05) is 39.1 Å². The summed E-state index contributed by atoms with van der Waals surface area (Å²) in [5, 5.41) is 7.79. The van der Waals surface area contributed by atoms with Crippen LogP contribution in [-0.4, -0.2) is 47.3 Å². The molecule has 142 valence electrons. The van der Waals surface area contributed by atoms with Crippen molar-refractivity contribution in [3.05, 3.63) is 48.3 Å². The molecule has 26 heavy (non-hydrogen) atoms. The van der Waals surface area contributed by atoms with Crippen LogP contribution in [0.4, 0.5) is 0 Å². The highest BCUT2D eigenvalue weighted by Gasteiger charge is 2.23. The molecule has 0 radical (unpaired) electrons. The topological polar surface area (TPSA) is 45.5 Å². The van der Waals surface area contributed by atoms with Gasteiger partial charge in [-0.05, 0) is 48.4 Å². The van der Waals surface area contributed by atoms with E-state index in [-0.39, 0.29) is 24.0 Å². The van der Waals surface area contributed by atoms with Crippen LogP contribution in [0.5, 0.6) is 0 Å². The second-order valence-corrected chi connectivity index (χ2v) is 7.19. The first kappa shape index (κ1) is 20.7. The lowest BCUT2D eigenvalue weighted by atomic mass is 9.92. The lowest BCUT2D eigenvalue weighted by Gasteiger charge is -2.37. The molecule has 2 atom stereocenters. The number of halogens is 1. The van der Waals surface area contributed by atoms with Crippen molar-refractivity contribution in [2.24, 2.45) is 16.8 Å². The smallest absolute Gasteiger partial charge is 0.193 e. The largest absolute Gasteiger partial charge is 0.356 e. The van der Waals surface area contributed by atoms with E-state index in [4.69, 9.17) is 0 Å². The van der Waals surface area contributed by atoms with Crippen molar-refractivity contribution in [3.63, 3.8) is 0 Å². The van der Waals surface area contributed by atoms with Crippen LogP contribution in [-0.2, 0) is 6.42 Å². The molecule has 2 heterocycles. The molecule has 6 heteroatoms. The summed E-state index contributed by atoms with van der Waals surface area (Å²) in [5.41, 5.74) is 2.41. The zero-order chi connectivity index (χ0) is 17.6. The van der Waals surface area contributed by atoms with Crippen molar-refractivity contribution in [1.82, 2.24) is 20.0 Å². The van der Waals surface area contributed by atoms with Gasteiger partial charge in [0.15, 0.2) is 5.96 Å². The number of nitrogens with zero attached hydrogens (tertiary/aromatic N) is 4. The number of guanidine groups is 1. The summed E-state index contributed by atoms with van der Waals surface area (Å²) < 4.78 is 1.88. The molecule has 1 aromatic heterocycles. The minimum atomic E-state index is 0. The van der Waals surface area contributed by atoms with E-state index >= 15 is 0 Å². The van der Waals surface area contributed by atoms with Crippen LogP contribution in [0.25, 0.3) is 5.69 Å². The van der Waals surface area contributed by atoms with Crippen molar-refractivity contribution in [2.75, 3.05) is 26.7 Å². The summed E-state index contributed by atoms with van der Waals surface area (Å²) in [4.78, 5) is 6.88. The van der Waals surface area contributed by atoms with Crippen LogP contribution in [0.15, 0.2) is 47.7 Å². The molecule has 0 bridgehead atoms. The summed E-state index contributed by atoms with van der Waals surface area (Å²) >= 11 is 0. The second-order valence-electron chi connectivity index (χ2n) is 7.19. The highest BCUT2D eigenvalue weighted by Crippen LogP contribution is 2.20. The van der Waals surface area contributed by atoms with E-state index < -0.39 is 0 Å². The molecule has 0 aliphatic carbocycles. The first-order chi connectivity index (χ1) is 12.2. The summed E-state index contributed by atoms with van der Waals surface area (Å²) in [6, 6.07) is 10.5. The fourth-order valence-electron chi connectivity index (χ4n) is 3.72. The minimum absolute atomic E-state index is 0. The Labute approximate surface area is 173 Å². The zero-order valence-electron chi connectivity index (χ0n) is 15.9. The van der Waals surface area contributed by atoms with Gasteiger partial charge in [0.05, 0.1) is 5.69 Å². The molecule has 2 aromatic rings. The monoisotopic (exact) mass is 467 g/mol. The van der Waals surface area contributed by atoms with Gasteiger partial charge in [-0.25, -0.2) is 4.68 Å². The van der Waals surface area contributed by atoms with Crippen molar-refractivity contribution >= 4 is 29.9 Å². The Morgan fingerprint density at radius 2 is 1.88 bits per heavy atom. The molecule has 0 spiro atoms. The van der Waals surface area contributed by atoms with Crippen LogP contribution in [0.1, 0.15) is 25.8 Å². The molecule has 1 saturated heterocycles. The number of hydrogen-bond donors (Lipinski definition) is 1. The molecule has 1 aliphatic heterocycles. The normalized spacial score (nSPS) is 20.6. The van der Waals surface area contributed by atoms with Gasteiger partial charge < -0.3 is 10.2 Å². The average molecular weight is 467 g/mol. The molecule has 0 saturated carbocycles. The minimum Gasteiger partial charge on any atom is -0.356 e. The molecular formula is C20H30IN5. The zero-order valence-corrected chi connectivity index (χ0v) is 18.3. The molecule has 0 amide bonds. The predicted molar refractivity (Wildman–Crippen MR) is 119 cm³/mol. The highest BCUT2D eigenvalue weighted by molar-refractivity contribution is 14.0. The summed E-state index contributed by atoms with van der Waals surface area (Å²) in [5.74, 6) is 2.50. The van der Waals surface area contributed by atoms with Crippen LogP contribution in [0.2, 0.25) is 0 Å². The molecule has 1 N–H and O–H groups in total. The van der Waals surface area contributed by atoms with Gasteiger partial charge in [0.1, 0.15) is 0 Å². The average Bonchev–Trinajstić information content (AvgIpc) is 3.13. The fraction of sp³-hybridized carbons (Fsp3) is 0.500. The lowest BCUT2D eigenvalue weighted by molar-refractivity contribution is 0.208. The third-order valence-corrected chi connectivity index (χ3v) is 4.78. The summed E-state index contributed by atoms with van der Waals surface area (Å²) in [7, 11) is 1.88. The van der Waals surface area contributed by atoms with Crippen molar-refractivity contribution < 1.29 is 0 Å². The van der Waals surface area contributed by atoms with Crippen molar-refractivity contribution in [2.45, 2.75) is 26.7 Å². The van der Waals surface area contributed by atoms with Crippen LogP contribution >= 0.6 is 24.0 Å². The van der Waals surface area contributed by atoms with E-state index in [0.29, 0.717) is 0 Å². The molecular weight excluding hydrogens is 437 g/mol. The molecule has 2 unspecified atom stereocenters. The van der Waals surface area contributed by atoms with E-state index in [2.05, 4.69) is 58.4 Å². The third kappa shape index (κ3) is 5.46. The number of piperidine rings is 1. The standard InChI is InChI=1S/C20H29N5.HI/c1-16-13-17(2)15-24(14-16)20(21-3)22-11-9-18-5-7-19(8-6-18)25-12-4-10-23-25;/h4-8,10,12,16-17H,9,11,13-15H2,1-3H3,(H,21,22);1H. The Balaban J connectivity index is 0.00000243. The number of hydrogen-bond acceptors (Lipinski definition) is 2. The maximum Gasteiger partial charge on any atom is 0.193 e. The van der Waals surface area contributed by atoms with Gasteiger partial charge in [-0.15, -0.1) is 24.0 Å². The maximum absolute atomic E-state index is 4.48. The Kier molecular flexibility index (Phi) is 7.93. The Hall–Kier alpha value is -1.57. The van der Waals surface area contributed by atoms with Crippen molar-refractivity contribution in [3.8, 4) is 5.69 Å². The fourth-order valence-corrected chi connectivity index (χ4v) is 3.72. The van der Waals surface area contributed by atoms with E-state index in [1.165, 1.54) is 12.0 Å². The number of nitrogens with one attached hydrogen (secondary N) is 1. The first-order valence-electron chi connectivity index (χ1n) is 9.20. The van der Waals surface area contributed by atoms with Crippen LogP contribution in [0, 0.1) is 11.8 Å². The van der Waals surface area contributed by atoms with Gasteiger partial charge in [-0.1, -0.05) is 26.0 Å². The van der Waals surface area contributed by atoms with Crippen LogP contribution in [0.3, 0.4) is 0 Å². The maximum atomic E-state index is 4.48. The highest BCUT2D eigenvalue weighted by atomic mass is 127. The Bertz CT molecular complexity index is 671. The van der Waals surface area contributed by atoms with E-state index in [1.54, 1.807) is 6.20 Å². The molecule has 1 aliphatic rings. The van der Waals surface area contributed by atoms with E-state index in [9.17, 15) is 0 Å². The predicted octanol–water partition coefficient (Wildman–Crippen LogP) is 3.59. The molecule has 5 nitrogen and oxygen atoms in total. The van der Waals surface area contributed by atoms with Gasteiger partial charge in [-0.3, -0.25) is 4.99 Å². The lowest BCUT2D eigenvalue weighted by Crippen LogP contribution is -2.48. The Morgan fingerprint density at radius 1 is 1.19 bits per heavy atom. The van der Waals surface area contributed by atoms with Gasteiger partial charge in [0.2, 0.25) is 0 Å².